The Bertz CT molecular complexity index is 1010. The highest BCUT2D eigenvalue weighted by molar-refractivity contribution is 6.40. The molecular weight excluding hydrogens is 477 g/mol. The predicted molar refractivity (Wildman–Crippen MR) is 126 cm³/mol. The monoisotopic (exact) mass is 497 g/mol. The van der Waals surface area contributed by atoms with Crippen LogP contribution >= 0.6 is 34.8 Å². The number of hydrogen-bond donors (Lipinski definition) is 4. The topological polar surface area (TPSA) is 108 Å². The molecule has 0 radical (unpaired) electrons. The molecule has 0 saturated heterocycles. The van der Waals surface area contributed by atoms with Crippen LogP contribution < -0.4 is 16.0 Å². The standard InChI is InChI=1S/C22H22Cl3N3O4/c23-13-9-10-14(20(29)27-18(21(30)31)12-5-2-1-3-6-12)17(11-13)26-22(32)28-19-15(24)7-4-8-16(19)25/h4,7-12,18H,1-3,5-6H2,(H,27,29)(H,30,31)(H2,26,28,32). The highest BCUT2D eigenvalue weighted by Crippen LogP contribution is 2.31. The van der Waals surface area contributed by atoms with Gasteiger partial charge in [0.25, 0.3) is 5.91 Å². The van der Waals surface area contributed by atoms with Crippen LogP contribution in [0.4, 0.5) is 16.2 Å². The number of anilines is 2. The maximum absolute atomic E-state index is 13.0. The van der Waals surface area contributed by atoms with Crippen LogP contribution in [-0.4, -0.2) is 29.1 Å². The summed E-state index contributed by atoms with van der Waals surface area (Å²) < 4.78 is 0. The zero-order chi connectivity index (χ0) is 23.3. The second kappa shape index (κ2) is 10.9. The van der Waals surface area contributed by atoms with Crippen molar-refractivity contribution >= 4 is 64.1 Å². The van der Waals surface area contributed by atoms with Crippen LogP contribution in [0.5, 0.6) is 0 Å². The Morgan fingerprint density at radius 3 is 2.22 bits per heavy atom. The van der Waals surface area contributed by atoms with E-state index < -0.39 is 23.9 Å². The van der Waals surface area contributed by atoms with Crippen LogP contribution in [-0.2, 0) is 4.79 Å². The van der Waals surface area contributed by atoms with E-state index in [1.54, 1.807) is 18.2 Å². The maximum Gasteiger partial charge on any atom is 0.326 e. The van der Waals surface area contributed by atoms with Crippen LogP contribution in [0.25, 0.3) is 0 Å². The van der Waals surface area contributed by atoms with Crippen molar-refractivity contribution in [1.82, 2.24) is 5.32 Å². The van der Waals surface area contributed by atoms with Gasteiger partial charge in [-0.2, -0.15) is 0 Å². The lowest BCUT2D eigenvalue weighted by atomic mass is 9.84. The zero-order valence-corrected chi connectivity index (χ0v) is 19.2. The summed E-state index contributed by atoms with van der Waals surface area (Å²) in [5, 5.41) is 18.1. The maximum atomic E-state index is 13.0. The Balaban J connectivity index is 1.78. The molecule has 2 aromatic rings. The number of carboxylic acid groups (broad SMARTS) is 1. The van der Waals surface area contributed by atoms with E-state index in [1.165, 1.54) is 18.2 Å². The normalized spacial score (nSPS) is 15.0. The molecule has 0 aromatic heterocycles. The molecule has 3 rings (SSSR count). The van der Waals surface area contributed by atoms with Gasteiger partial charge < -0.3 is 21.1 Å². The Morgan fingerprint density at radius 2 is 1.59 bits per heavy atom. The number of rotatable bonds is 6. The quantitative estimate of drug-likeness (QED) is 0.388. The summed E-state index contributed by atoms with van der Waals surface area (Å²) in [6.45, 7) is 0. The third-order valence-corrected chi connectivity index (χ3v) is 6.21. The Kier molecular flexibility index (Phi) is 8.23. The van der Waals surface area contributed by atoms with Crippen molar-refractivity contribution in [2.45, 2.75) is 38.1 Å². The molecule has 2 aromatic carbocycles. The van der Waals surface area contributed by atoms with Crippen LogP contribution in [0.2, 0.25) is 15.1 Å². The fraction of sp³-hybridized carbons (Fsp3) is 0.318. The average molecular weight is 499 g/mol. The minimum atomic E-state index is -1.08. The van der Waals surface area contributed by atoms with Gasteiger partial charge >= 0.3 is 12.0 Å². The van der Waals surface area contributed by atoms with E-state index >= 15 is 0 Å². The molecule has 0 spiro atoms. The van der Waals surface area contributed by atoms with Crippen LogP contribution in [0, 0.1) is 5.92 Å². The van der Waals surface area contributed by atoms with Gasteiger partial charge in [-0.3, -0.25) is 4.79 Å². The van der Waals surface area contributed by atoms with Gasteiger partial charge in [0.05, 0.1) is 27.0 Å². The summed E-state index contributed by atoms with van der Waals surface area (Å²) in [6, 6.07) is 7.38. The van der Waals surface area contributed by atoms with Gasteiger partial charge in [-0.25, -0.2) is 9.59 Å². The summed E-state index contributed by atoms with van der Waals surface area (Å²) in [6.07, 6.45) is 4.41. The SMILES string of the molecule is O=C(Nc1cc(Cl)ccc1C(=O)NC(C(=O)O)C1CCCCC1)Nc1c(Cl)cccc1Cl. The molecule has 1 aliphatic rings. The fourth-order valence-electron chi connectivity index (χ4n) is 3.77. The molecule has 0 aliphatic heterocycles. The number of halogens is 3. The smallest absolute Gasteiger partial charge is 0.326 e. The minimum absolute atomic E-state index is 0.0804. The van der Waals surface area contributed by atoms with E-state index in [0.717, 1.165) is 32.1 Å². The largest absolute Gasteiger partial charge is 0.480 e. The van der Waals surface area contributed by atoms with Crippen LogP contribution in [0.1, 0.15) is 42.5 Å². The van der Waals surface area contributed by atoms with Gasteiger partial charge in [0.2, 0.25) is 0 Å². The molecule has 1 aliphatic carbocycles. The third-order valence-electron chi connectivity index (χ3n) is 5.35. The first kappa shape index (κ1) is 24.2. The molecular formula is C22H22Cl3N3O4. The van der Waals surface area contributed by atoms with Gasteiger partial charge in [-0.05, 0) is 49.1 Å². The van der Waals surface area contributed by atoms with Crippen molar-refractivity contribution in [1.29, 1.82) is 0 Å². The Labute approximate surface area is 200 Å². The van der Waals surface area contributed by atoms with Crippen molar-refractivity contribution < 1.29 is 19.5 Å². The number of benzene rings is 2. The molecule has 10 heteroatoms. The highest BCUT2D eigenvalue weighted by Gasteiger charge is 2.31. The van der Waals surface area contributed by atoms with Crippen molar-refractivity contribution in [2.75, 3.05) is 10.6 Å². The van der Waals surface area contributed by atoms with E-state index in [9.17, 15) is 19.5 Å². The second-order valence-electron chi connectivity index (χ2n) is 7.55. The predicted octanol–water partition coefficient (Wildman–Crippen LogP) is 6.05. The first-order valence-corrected chi connectivity index (χ1v) is 11.2. The second-order valence-corrected chi connectivity index (χ2v) is 8.80. The highest BCUT2D eigenvalue weighted by atomic mass is 35.5. The molecule has 1 saturated carbocycles. The Hall–Kier alpha value is -2.48. The molecule has 0 heterocycles. The molecule has 32 heavy (non-hydrogen) atoms. The van der Waals surface area contributed by atoms with Crippen molar-refractivity contribution in [3.8, 4) is 0 Å². The fourth-order valence-corrected chi connectivity index (χ4v) is 4.43. The number of urea groups is 1. The number of carbonyl (C=O) groups excluding carboxylic acids is 2. The van der Waals surface area contributed by atoms with Gasteiger partial charge in [0.1, 0.15) is 6.04 Å². The van der Waals surface area contributed by atoms with Crippen molar-refractivity contribution in [2.24, 2.45) is 5.92 Å². The van der Waals surface area contributed by atoms with E-state index in [0.29, 0.717) is 0 Å². The molecule has 170 valence electrons. The number of nitrogens with one attached hydrogen (secondary N) is 3. The van der Waals surface area contributed by atoms with E-state index in [2.05, 4.69) is 16.0 Å². The lowest BCUT2D eigenvalue weighted by Crippen LogP contribution is -2.46. The van der Waals surface area contributed by atoms with Gasteiger partial charge in [0.15, 0.2) is 0 Å². The summed E-state index contributed by atoms with van der Waals surface area (Å²) in [5.41, 5.74) is 0.407. The van der Waals surface area contributed by atoms with Crippen molar-refractivity contribution in [3.05, 3.63) is 57.0 Å². The summed E-state index contributed by atoms with van der Waals surface area (Å²) in [5.74, 6) is -1.84. The first-order valence-electron chi connectivity index (χ1n) is 10.1. The molecule has 1 fully saturated rings. The Morgan fingerprint density at radius 1 is 0.938 bits per heavy atom. The van der Waals surface area contributed by atoms with Crippen LogP contribution in [0.3, 0.4) is 0 Å². The number of para-hydroxylation sites is 1. The first-order chi connectivity index (χ1) is 15.3. The zero-order valence-electron chi connectivity index (χ0n) is 17.0. The molecule has 1 atom stereocenters. The molecule has 3 amide bonds. The molecule has 0 bridgehead atoms. The number of carbonyl (C=O) groups is 3. The molecule has 7 nitrogen and oxygen atoms in total. The number of amides is 3. The van der Waals surface area contributed by atoms with Gasteiger partial charge in [0, 0.05) is 5.02 Å². The summed E-state index contributed by atoms with van der Waals surface area (Å²) in [7, 11) is 0. The van der Waals surface area contributed by atoms with Gasteiger partial charge in [-0.1, -0.05) is 60.1 Å². The summed E-state index contributed by atoms with van der Waals surface area (Å²) >= 11 is 18.2. The van der Waals surface area contributed by atoms with Crippen molar-refractivity contribution in [3.63, 3.8) is 0 Å². The third kappa shape index (κ3) is 6.06. The lowest BCUT2D eigenvalue weighted by molar-refractivity contribution is -0.141. The molecule has 4 N–H and O–H groups in total. The lowest BCUT2D eigenvalue weighted by Gasteiger charge is -2.28. The summed E-state index contributed by atoms with van der Waals surface area (Å²) in [4.78, 5) is 37.3. The van der Waals surface area contributed by atoms with E-state index in [1.807, 2.05) is 0 Å². The minimum Gasteiger partial charge on any atom is -0.480 e. The van der Waals surface area contributed by atoms with E-state index in [4.69, 9.17) is 34.8 Å². The van der Waals surface area contributed by atoms with E-state index in [-0.39, 0.29) is 37.9 Å². The van der Waals surface area contributed by atoms with Crippen LogP contribution in [0.15, 0.2) is 36.4 Å². The molecule has 1 unspecified atom stereocenters. The van der Waals surface area contributed by atoms with Gasteiger partial charge in [-0.15, -0.1) is 0 Å². The number of aliphatic carboxylic acids is 1. The number of hydrogen-bond acceptors (Lipinski definition) is 3. The average Bonchev–Trinajstić information content (AvgIpc) is 2.75. The number of carboxylic acids is 1.